The molecule has 0 bridgehead atoms. The van der Waals surface area contributed by atoms with Crippen molar-refractivity contribution < 1.29 is 14.0 Å². The molecule has 0 saturated carbocycles. The first-order valence-corrected chi connectivity index (χ1v) is 9.98. The average Bonchev–Trinajstić information content (AvgIpc) is 3.40. The highest BCUT2D eigenvalue weighted by molar-refractivity contribution is 7.14. The Balaban J connectivity index is 1.48. The molecule has 0 fully saturated rings. The van der Waals surface area contributed by atoms with Gasteiger partial charge < -0.3 is 14.7 Å². The summed E-state index contributed by atoms with van der Waals surface area (Å²) in [5, 5.41) is 8.88. The SMILES string of the molecule is CC(=O)NCc1ccc(-c2csc(NC(=O)c3ccc4[nH]c(C)c(C)c4c3)n2)o1. The van der Waals surface area contributed by atoms with E-state index in [0.29, 0.717) is 34.5 Å². The molecule has 3 N–H and O–H groups in total. The van der Waals surface area contributed by atoms with Gasteiger partial charge in [-0.2, -0.15) is 0 Å². The predicted molar refractivity (Wildman–Crippen MR) is 113 cm³/mol. The second-order valence-electron chi connectivity index (χ2n) is 6.80. The molecule has 3 heterocycles. The van der Waals surface area contributed by atoms with Crippen LogP contribution in [0.4, 0.5) is 5.13 Å². The van der Waals surface area contributed by atoms with Gasteiger partial charge in [0.25, 0.3) is 5.91 Å². The van der Waals surface area contributed by atoms with Crippen molar-refractivity contribution in [3.05, 3.63) is 58.3 Å². The van der Waals surface area contributed by atoms with Gasteiger partial charge in [0.2, 0.25) is 5.91 Å². The van der Waals surface area contributed by atoms with Crippen LogP contribution < -0.4 is 10.6 Å². The van der Waals surface area contributed by atoms with Crippen LogP contribution >= 0.6 is 11.3 Å². The Morgan fingerprint density at radius 3 is 2.83 bits per heavy atom. The van der Waals surface area contributed by atoms with Gasteiger partial charge in [-0.3, -0.25) is 14.9 Å². The van der Waals surface area contributed by atoms with Crippen LogP contribution in [0, 0.1) is 13.8 Å². The lowest BCUT2D eigenvalue weighted by atomic mass is 10.1. The van der Waals surface area contributed by atoms with Gasteiger partial charge in [0.05, 0.1) is 6.54 Å². The van der Waals surface area contributed by atoms with Crippen LogP contribution in [0.1, 0.15) is 34.3 Å². The van der Waals surface area contributed by atoms with Crippen LogP contribution in [0.3, 0.4) is 0 Å². The molecule has 1 aromatic carbocycles. The first-order chi connectivity index (χ1) is 13.9. The fourth-order valence-corrected chi connectivity index (χ4v) is 3.73. The van der Waals surface area contributed by atoms with Crippen LogP contribution in [0.25, 0.3) is 22.4 Å². The van der Waals surface area contributed by atoms with Gasteiger partial charge in [-0.05, 0) is 49.7 Å². The Kier molecular flexibility index (Phi) is 4.94. The van der Waals surface area contributed by atoms with Gasteiger partial charge in [-0.1, -0.05) is 0 Å². The topological polar surface area (TPSA) is 100 Å². The van der Waals surface area contributed by atoms with Crippen molar-refractivity contribution in [3.63, 3.8) is 0 Å². The molecule has 4 aromatic rings. The molecule has 0 unspecified atom stereocenters. The Hall–Kier alpha value is -3.39. The zero-order chi connectivity index (χ0) is 20.5. The fraction of sp³-hybridized carbons (Fsp3) is 0.190. The van der Waals surface area contributed by atoms with Gasteiger partial charge in [0, 0.05) is 34.5 Å². The van der Waals surface area contributed by atoms with Gasteiger partial charge in [0.1, 0.15) is 11.5 Å². The summed E-state index contributed by atoms with van der Waals surface area (Å²) in [5.41, 5.74) is 4.46. The van der Waals surface area contributed by atoms with E-state index < -0.39 is 0 Å². The lowest BCUT2D eigenvalue weighted by Gasteiger charge is -2.02. The number of thiazole rings is 1. The van der Waals surface area contributed by atoms with Crippen molar-refractivity contribution in [2.75, 3.05) is 5.32 Å². The maximum atomic E-state index is 12.7. The van der Waals surface area contributed by atoms with E-state index in [4.69, 9.17) is 4.42 Å². The highest BCUT2D eigenvalue weighted by atomic mass is 32.1. The fourth-order valence-electron chi connectivity index (χ4n) is 3.04. The lowest BCUT2D eigenvalue weighted by Crippen LogP contribution is -2.18. The third kappa shape index (κ3) is 3.93. The summed E-state index contributed by atoms with van der Waals surface area (Å²) in [5.74, 6) is 0.892. The molecule has 0 radical (unpaired) electrons. The number of furan rings is 1. The van der Waals surface area contributed by atoms with Gasteiger partial charge in [-0.15, -0.1) is 11.3 Å². The molecule has 0 spiro atoms. The molecular formula is C21H20N4O3S. The number of rotatable bonds is 5. The number of anilines is 1. The Bertz CT molecular complexity index is 1220. The molecular weight excluding hydrogens is 388 g/mol. The zero-order valence-electron chi connectivity index (χ0n) is 16.3. The minimum absolute atomic E-state index is 0.121. The molecule has 0 aliphatic heterocycles. The maximum absolute atomic E-state index is 12.7. The van der Waals surface area contributed by atoms with Crippen LogP contribution in [0.5, 0.6) is 0 Å². The number of benzene rings is 1. The molecule has 7 nitrogen and oxygen atoms in total. The van der Waals surface area contributed by atoms with Crippen molar-refractivity contribution in [2.24, 2.45) is 0 Å². The third-order valence-corrected chi connectivity index (χ3v) is 5.48. The molecule has 0 aliphatic carbocycles. The number of nitrogens with one attached hydrogen (secondary N) is 3. The average molecular weight is 408 g/mol. The molecule has 0 atom stereocenters. The van der Waals surface area contributed by atoms with Crippen molar-refractivity contribution in [1.29, 1.82) is 0 Å². The number of hydrogen-bond donors (Lipinski definition) is 3. The van der Waals surface area contributed by atoms with E-state index in [1.807, 2.05) is 31.4 Å². The van der Waals surface area contributed by atoms with E-state index >= 15 is 0 Å². The molecule has 2 amide bonds. The van der Waals surface area contributed by atoms with Crippen molar-refractivity contribution in [1.82, 2.24) is 15.3 Å². The highest BCUT2D eigenvalue weighted by Gasteiger charge is 2.14. The van der Waals surface area contributed by atoms with Crippen molar-refractivity contribution in [2.45, 2.75) is 27.3 Å². The highest BCUT2D eigenvalue weighted by Crippen LogP contribution is 2.27. The van der Waals surface area contributed by atoms with Crippen LogP contribution in [0.2, 0.25) is 0 Å². The molecule has 29 heavy (non-hydrogen) atoms. The van der Waals surface area contributed by atoms with Crippen LogP contribution in [-0.2, 0) is 11.3 Å². The summed E-state index contributed by atoms with van der Waals surface area (Å²) in [7, 11) is 0. The van der Waals surface area contributed by atoms with Gasteiger partial charge >= 0.3 is 0 Å². The van der Waals surface area contributed by atoms with Crippen molar-refractivity contribution in [3.8, 4) is 11.5 Å². The molecule has 0 saturated heterocycles. The molecule has 0 aliphatic rings. The first-order valence-electron chi connectivity index (χ1n) is 9.10. The third-order valence-electron chi connectivity index (χ3n) is 4.72. The van der Waals surface area contributed by atoms with Crippen molar-refractivity contribution >= 4 is 39.2 Å². The number of nitrogens with zero attached hydrogens (tertiary/aromatic N) is 1. The lowest BCUT2D eigenvalue weighted by molar-refractivity contribution is -0.119. The molecule has 8 heteroatoms. The minimum Gasteiger partial charge on any atom is -0.458 e. The summed E-state index contributed by atoms with van der Waals surface area (Å²) >= 11 is 1.33. The number of amides is 2. The number of carbonyl (C=O) groups excluding carboxylic acids is 2. The number of carbonyl (C=O) groups is 2. The number of aryl methyl sites for hydroxylation is 2. The largest absolute Gasteiger partial charge is 0.458 e. The zero-order valence-corrected chi connectivity index (χ0v) is 17.1. The normalized spacial score (nSPS) is 11.0. The first kappa shape index (κ1) is 18.9. The van der Waals surface area contributed by atoms with Crippen LogP contribution in [-0.4, -0.2) is 21.8 Å². The number of hydrogen-bond acceptors (Lipinski definition) is 5. The summed E-state index contributed by atoms with van der Waals surface area (Å²) in [6.45, 7) is 5.83. The molecule has 3 aromatic heterocycles. The summed E-state index contributed by atoms with van der Waals surface area (Å²) in [6.07, 6.45) is 0. The Morgan fingerprint density at radius 1 is 1.21 bits per heavy atom. The number of fused-ring (bicyclic) bond motifs is 1. The standard InChI is InChI=1S/C21H20N4O3S/c1-11-12(2)23-17-6-4-14(8-16(11)17)20(27)25-21-24-18(10-29-21)19-7-5-15(28-19)9-22-13(3)26/h4-8,10,23H,9H2,1-3H3,(H,22,26)(H,24,25,27). The van der Waals surface area contributed by atoms with E-state index in [0.717, 1.165) is 22.2 Å². The number of H-pyrrole nitrogens is 1. The summed E-state index contributed by atoms with van der Waals surface area (Å²) < 4.78 is 5.70. The smallest absolute Gasteiger partial charge is 0.257 e. The molecule has 148 valence electrons. The Morgan fingerprint density at radius 2 is 2.03 bits per heavy atom. The van der Waals surface area contributed by atoms with E-state index in [1.54, 1.807) is 18.2 Å². The number of aromatic amines is 1. The summed E-state index contributed by atoms with van der Waals surface area (Å²) in [4.78, 5) is 31.4. The number of aromatic nitrogens is 2. The van der Waals surface area contributed by atoms with Crippen LogP contribution in [0.15, 0.2) is 40.1 Å². The Labute approximate surface area is 171 Å². The monoisotopic (exact) mass is 408 g/mol. The second kappa shape index (κ2) is 7.56. The van der Waals surface area contributed by atoms with E-state index in [1.165, 1.54) is 18.3 Å². The van der Waals surface area contributed by atoms with E-state index in [2.05, 4.69) is 20.6 Å². The van der Waals surface area contributed by atoms with E-state index in [9.17, 15) is 9.59 Å². The van der Waals surface area contributed by atoms with E-state index in [-0.39, 0.29) is 11.8 Å². The molecule has 4 rings (SSSR count). The quantitative estimate of drug-likeness (QED) is 0.456. The predicted octanol–water partition coefficient (Wildman–Crippen LogP) is 4.39. The van der Waals surface area contributed by atoms with Gasteiger partial charge in [-0.25, -0.2) is 4.98 Å². The van der Waals surface area contributed by atoms with Gasteiger partial charge in [0.15, 0.2) is 10.9 Å². The minimum atomic E-state index is -0.211. The summed E-state index contributed by atoms with van der Waals surface area (Å²) in [6, 6.07) is 9.18. The second-order valence-corrected chi connectivity index (χ2v) is 7.66. The maximum Gasteiger partial charge on any atom is 0.257 e.